The van der Waals surface area contributed by atoms with Crippen LogP contribution in [0.3, 0.4) is 0 Å². The molecule has 13 heteroatoms. The molecule has 0 spiro atoms. The molecular formula is C22H22N4O8S. The van der Waals surface area contributed by atoms with Gasteiger partial charge in [-0.3, -0.25) is 4.79 Å². The first-order valence-corrected chi connectivity index (χ1v) is 11.5. The molecule has 3 aromatic heterocycles. The maximum atomic E-state index is 12.7. The van der Waals surface area contributed by atoms with Crippen molar-refractivity contribution in [1.82, 2.24) is 20.4 Å². The van der Waals surface area contributed by atoms with Crippen molar-refractivity contribution >= 4 is 29.3 Å². The van der Waals surface area contributed by atoms with Gasteiger partial charge >= 0.3 is 23.7 Å². The number of carbonyl (C=O) groups excluding carboxylic acids is 3. The van der Waals surface area contributed by atoms with Crippen molar-refractivity contribution in [2.45, 2.75) is 32.9 Å². The zero-order chi connectivity index (χ0) is 24.9. The Hall–Kier alpha value is -4.13. The third-order valence-electron chi connectivity index (χ3n) is 4.94. The van der Waals surface area contributed by atoms with Crippen LogP contribution in [-0.2, 0) is 25.6 Å². The fourth-order valence-electron chi connectivity index (χ4n) is 3.37. The van der Waals surface area contributed by atoms with Gasteiger partial charge in [0.1, 0.15) is 24.2 Å². The summed E-state index contributed by atoms with van der Waals surface area (Å²) in [6.07, 6.45) is -0.189. The number of thiophene rings is 1. The number of esters is 2. The maximum Gasteiger partial charge on any atom is 0.437 e. The van der Waals surface area contributed by atoms with E-state index in [1.54, 1.807) is 38.1 Å². The van der Waals surface area contributed by atoms with Crippen LogP contribution in [-0.4, -0.2) is 41.0 Å². The van der Waals surface area contributed by atoms with Crippen molar-refractivity contribution in [1.29, 1.82) is 0 Å². The topological polar surface area (TPSA) is 155 Å². The molecule has 1 aliphatic rings. The minimum atomic E-state index is -0.922. The number of furan rings is 1. The standard InChI is InChI=1S/C22H22N4O8S/c1-3-31-20(28)17-13(23-21(29)24-18(17)14-7-6-12(2)33-14)11-32-16(27)8-9-26-22(30)34-19(25-26)15-5-4-10-35-15/h4-7,10,18H,3,8-9,11H2,1-2H3,(H2,23,24,29)/t18-/m0/s1. The number of nitrogens with zero attached hydrogens (tertiary/aromatic N) is 2. The van der Waals surface area contributed by atoms with Gasteiger partial charge in [-0.25, -0.2) is 14.4 Å². The van der Waals surface area contributed by atoms with Crippen molar-refractivity contribution in [2.24, 2.45) is 0 Å². The smallest absolute Gasteiger partial charge is 0.437 e. The van der Waals surface area contributed by atoms with E-state index in [2.05, 4.69) is 15.7 Å². The second kappa shape index (κ2) is 10.4. The number of aromatic nitrogens is 2. The molecule has 3 aromatic rings. The van der Waals surface area contributed by atoms with Crippen LogP contribution >= 0.6 is 11.3 Å². The van der Waals surface area contributed by atoms with Gasteiger partial charge in [0.2, 0.25) is 0 Å². The monoisotopic (exact) mass is 502 g/mol. The van der Waals surface area contributed by atoms with E-state index in [-0.39, 0.29) is 36.7 Å². The summed E-state index contributed by atoms with van der Waals surface area (Å²) >= 11 is 1.36. The third kappa shape index (κ3) is 5.51. The number of aryl methyl sites for hydroxylation is 2. The Balaban J connectivity index is 1.46. The SMILES string of the molecule is CCOC(=O)C1=C(COC(=O)CCn2nc(-c3cccs3)oc2=O)NC(=O)N[C@H]1c1ccc(C)o1. The van der Waals surface area contributed by atoms with Crippen molar-refractivity contribution in [3.63, 3.8) is 0 Å². The van der Waals surface area contributed by atoms with Crippen molar-refractivity contribution in [3.05, 3.63) is 63.0 Å². The van der Waals surface area contributed by atoms with Gasteiger partial charge < -0.3 is 28.9 Å². The van der Waals surface area contributed by atoms with Gasteiger partial charge in [0, 0.05) is 0 Å². The molecule has 4 rings (SSSR count). The third-order valence-corrected chi connectivity index (χ3v) is 5.80. The second-order valence-corrected chi connectivity index (χ2v) is 8.32. The lowest BCUT2D eigenvalue weighted by Gasteiger charge is -2.27. The van der Waals surface area contributed by atoms with E-state index in [1.165, 1.54) is 11.3 Å². The molecule has 0 saturated heterocycles. The van der Waals surface area contributed by atoms with Gasteiger partial charge in [-0.1, -0.05) is 6.07 Å². The average molecular weight is 503 g/mol. The predicted molar refractivity (Wildman–Crippen MR) is 121 cm³/mol. The van der Waals surface area contributed by atoms with Gasteiger partial charge in [-0.15, -0.1) is 16.4 Å². The van der Waals surface area contributed by atoms with E-state index >= 15 is 0 Å². The van der Waals surface area contributed by atoms with Gasteiger partial charge in [0.25, 0.3) is 5.89 Å². The average Bonchev–Trinajstić information content (AvgIpc) is 3.57. The molecule has 1 atom stereocenters. The minimum absolute atomic E-state index is 0.0573. The molecule has 0 aliphatic carbocycles. The van der Waals surface area contributed by atoms with E-state index in [1.807, 2.05) is 5.38 Å². The number of rotatable bonds is 9. The molecule has 2 N–H and O–H groups in total. The maximum absolute atomic E-state index is 12.7. The van der Waals surface area contributed by atoms with Crippen LogP contribution in [0.25, 0.3) is 10.8 Å². The molecular weight excluding hydrogens is 480 g/mol. The van der Waals surface area contributed by atoms with Gasteiger partial charge in [-0.2, -0.15) is 4.68 Å². The normalized spacial score (nSPS) is 15.5. The summed E-state index contributed by atoms with van der Waals surface area (Å²) in [4.78, 5) is 50.0. The van der Waals surface area contributed by atoms with Crippen molar-refractivity contribution in [3.8, 4) is 10.8 Å². The Bertz CT molecular complexity index is 1320. The van der Waals surface area contributed by atoms with Crippen LogP contribution in [0.2, 0.25) is 0 Å². The number of hydrogen-bond acceptors (Lipinski definition) is 10. The number of amides is 2. The molecule has 2 amide bonds. The number of ether oxygens (including phenoxy) is 2. The molecule has 12 nitrogen and oxygen atoms in total. The summed E-state index contributed by atoms with van der Waals surface area (Å²) < 4.78 is 22.1. The number of carbonyl (C=O) groups is 3. The molecule has 0 saturated carbocycles. The lowest BCUT2D eigenvalue weighted by molar-refractivity contribution is -0.144. The number of urea groups is 1. The molecule has 184 valence electrons. The van der Waals surface area contributed by atoms with E-state index in [0.29, 0.717) is 16.4 Å². The van der Waals surface area contributed by atoms with Crippen LogP contribution in [0.5, 0.6) is 0 Å². The first-order chi connectivity index (χ1) is 16.9. The highest BCUT2D eigenvalue weighted by Gasteiger charge is 2.36. The van der Waals surface area contributed by atoms with Crippen LogP contribution in [0.4, 0.5) is 4.79 Å². The number of nitrogens with one attached hydrogen (secondary N) is 2. The van der Waals surface area contributed by atoms with Crippen LogP contribution in [0.15, 0.2) is 54.5 Å². The molecule has 0 radical (unpaired) electrons. The van der Waals surface area contributed by atoms with Crippen molar-refractivity contribution in [2.75, 3.05) is 13.2 Å². The minimum Gasteiger partial charge on any atom is -0.464 e. The fourth-order valence-corrected chi connectivity index (χ4v) is 4.02. The lowest BCUT2D eigenvalue weighted by atomic mass is 10.0. The van der Waals surface area contributed by atoms with Gasteiger partial charge in [0.05, 0.1) is 35.7 Å². The van der Waals surface area contributed by atoms with E-state index in [0.717, 1.165) is 4.68 Å². The second-order valence-electron chi connectivity index (χ2n) is 7.38. The summed E-state index contributed by atoms with van der Waals surface area (Å²) in [5.41, 5.74) is 0.125. The highest BCUT2D eigenvalue weighted by molar-refractivity contribution is 7.13. The van der Waals surface area contributed by atoms with E-state index < -0.39 is 36.4 Å². The molecule has 1 aliphatic heterocycles. The fraction of sp³-hybridized carbons (Fsp3) is 0.318. The lowest BCUT2D eigenvalue weighted by Crippen LogP contribution is -2.47. The highest BCUT2D eigenvalue weighted by Crippen LogP contribution is 2.29. The quantitative estimate of drug-likeness (QED) is 0.419. The summed E-state index contributed by atoms with van der Waals surface area (Å²) in [5, 5.41) is 11.0. The largest absolute Gasteiger partial charge is 0.464 e. The Morgan fingerprint density at radius 3 is 2.71 bits per heavy atom. The van der Waals surface area contributed by atoms with Gasteiger partial charge in [-0.05, 0) is 37.4 Å². The summed E-state index contributed by atoms with van der Waals surface area (Å²) in [6, 6.07) is 5.37. The zero-order valence-electron chi connectivity index (χ0n) is 18.9. The molecule has 0 unspecified atom stereocenters. The Kier molecular flexibility index (Phi) is 7.15. The Labute approximate surface area is 202 Å². The zero-order valence-corrected chi connectivity index (χ0v) is 19.7. The van der Waals surface area contributed by atoms with E-state index in [9.17, 15) is 19.2 Å². The summed E-state index contributed by atoms with van der Waals surface area (Å²) in [6.45, 7) is 3.01. The number of hydrogen-bond donors (Lipinski definition) is 2. The highest BCUT2D eigenvalue weighted by atomic mass is 32.1. The molecule has 4 heterocycles. The molecule has 0 aromatic carbocycles. The molecule has 0 bridgehead atoms. The first kappa shape index (κ1) is 24.0. The van der Waals surface area contributed by atoms with Crippen LogP contribution < -0.4 is 16.4 Å². The van der Waals surface area contributed by atoms with Crippen LogP contribution in [0, 0.1) is 6.92 Å². The molecule has 35 heavy (non-hydrogen) atoms. The summed E-state index contributed by atoms with van der Waals surface area (Å²) in [5.74, 6) is -0.979. The van der Waals surface area contributed by atoms with Crippen molar-refractivity contribution < 1.29 is 32.7 Å². The van der Waals surface area contributed by atoms with Gasteiger partial charge in [0.15, 0.2) is 0 Å². The first-order valence-electron chi connectivity index (χ1n) is 10.7. The molecule has 0 fully saturated rings. The Morgan fingerprint density at radius 2 is 2.03 bits per heavy atom. The Morgan fingerprint density at radius 1 is 1.20 bits per heavy atom. The van der Waals surface area contributed by atoms with Crippen LogP contribution in [0.1, 0.15) is 30.9 Å². The summed E-state index contributed by atoms with van der Waals surface area (Å²) in [7, 11) is 0. The van der Waals surface area contributed by atoms with E-state index in [4.69, 9.17) is 18.3 Å². The predicted octanol–water partition coefficient (Wildman–Crippen LogP) is 2.27.